The third kappa shape index (κ3) is 9.35. The van der Waals surface area contributed by atoms with E-state index in [1.807, 2.05) is 13.8 Å². The summed E-state index contributed by atoms with van der Waals surface area (Å²) < 4.78 is 5.12. The minimum Gasteiger partial charge on any atom is -0.388 e. The zero-order valence-corrected chi connectivity index (χ0v) is 10.5. The van der Waals surface area contributed by atoms with Crippen molar-refractivity contribution in [3.05, 3.63) is 28.5 Å². The molecule has 0 saturated heterocycles. The third-order valence-electron chi connectivity index (χ3n) is 0.864. The summed E-state index contributed by atoms with van der Waals surface area (Å²) in [5.74, 6) is 0. The number of methoxy groups -OCH3 is 1. The second-order valence-corrected chi connectivity index (χ2v) is 2.84. The molecule has 0 spiro atoms. The maximum Gasteiger partial charge on any atom is 0.168 e. The first-order valence-electron chi connectivity index (χ1n) is 4.21. The molecule has 0 unspecified atom stereocenters. The third-order valence-corrected chi connectivity index (χ3v) is 1.36. The summed E-state index contributed by atoms with van der Waals surface area (Å²) >= 11 is 3.20. The zero-order valence-electron chi connectivity index (χ0n) is 8.95. The van der Waals surface area contributed by atoms with Crippen molar-refractivity contribution in [1.29, 1.82) is 0 Å². The lowest BCUT2D eigenvalue weighted by atomic mass is 10.4. The molecule has 3 nitrogen and oxygen atoms in total. The molecule has 0 fully saturated rings. The highest BCUT2D eigenvalue weighted by atomic mass is 79.9. The smallest absolute Gasteiger partial charge is 0.168 e. The number of rotatable bonds is 1. The van der Waals surface area contributed by atoms with E-state index in [4.69, 9.17) is 0 Å². The number of hydrogen-bond donors (Lipinski definition) is 0. The number of aldehydes is 1. The van der Waals surface area contributed by atoms with Crippen molar-refractivity contribution in [3.63, 3.8) is 0 Å². The molecule has 1 rings (SSSR count). The second-order valence-electron chi connectivity index (χ2n) is 1.93. The van der Waals surface area contributed by atoms with Crippen LogP contribution in [0.5, 0.6) is 0 Å². The van der Waals surface area contributed by atoms with Crippen LogP contribution in [0.2, 0.25) is 0 Å². The molecule has 80 valence electrons. The summed E-state index contributed by atoms with van der Waals surface area (Å²) in [4.78, 5) is 13.8. The Morgan fingerprint density at radius 3 is 2.21 bits per heavy atom. The molecule has 0 aliphatic heterocycles. The first-order chi connectivity index (χ1) is 6.74. The normalized spacial score (nSPS) is 7.50. The van der Waals surface area contributed by atoms with Gasteiger partial charge in [-0.2, -0.15) is 0 Å². The van der Waals surface area contributed by atoms with Crippen molar-refractivity contribution < 1.29 is 9.53 Å². The van der Waals surface area contributed by atoms with Crippen molar-refractivity contribution in [3.8, 4) is 0 Å². The maximum absolute atomic E-state index is 10.1. The first-order valence-corrected chi connectivity index (χ1v) is 5.00. The molecular formula is C10H16BrNO2. The lowest BCUT2D eigenvalue weighted by molar-refractivity contribution is 0.111. The first kappa shape index (κ1) is 15.7. The SMILES string of the molecule is CC.COC.O=Cc1cc(Br)ccn1. The van der Waals surface area contributed by atoms with Crippen molar-refractivity contribution in [2.45, 2.75) is 13.8 Å². The van der Waals surface area contributed by atoms with Crippen LogP contribution in [0, 0.1) is 0 Å². The number of nitrogens with zero attached hydrogens (tertiary/aromatic N) is 1. The van der Waals surface area contributed by atoms with Crippen LogP contribution in [0.3, 0.4) is 0 Å². The van der Waals surface area contributed by atoms with Gasteiger partial charge in [0.05, 0.1) is 0 Å². The number of aromatic nitrogens is 1. The molecule has 1 heterocycles. The lowest BCUT2D eigenvalue weighted by Gasteiger charge is -1.87. The fraction of sp³-hybridized carbons (Fsp3) is 0.400. The van der Waals surface area contributed by atoms with E-state index in [0.29, 0.717) is 12.0 Å². The summed E-state index contributed by atoms with van der Waals surface area (Å²) in [6.45, 7) is 4.00. The molecule has 1 aromatic heterocycles. The van der Waals surface area contributed by atoms with Crippen LogP contribution in [0.25, 0.3) is 0 Å². The van der Waals surface area contributed by atoms with Crippen LogP contribution in [0.4, 0.5) is 0 Å². The Morgan fingerprint density at radius 1 is 1.43 bits per heavy atom. The zero-order chi connectivity index (χ0) is 11.4. The van der Waals surface area contributed by atoms with Crippen molar-refractivity contribution in [2.75, 3.05) is 14.2 Å². The van der Waals surface area contributed by atoms with E-state index < -0.39 is 0 Å². The van der Waals surface area contributed by atoms with Crippen LogP contribution < -0.4 is 0 Å². The monoisotopic (exact) mass is 261 g/mol. The number of carbonyl (C=O) groups excluding carboxylic acids is 1. The van der Waals surface area contributed by atoms with E-state index in [0.717, 1.165) is 4.47 Å². The Kier molecular flexibility index (Phi) is 13.8. The number of ether oxygens (including phenoxy) is 1. The van der Waals surface area contributed by atoms with Gasteiger partial charge in [0.25, 0.3) is 0 Å². The minimum atomic E-state index is 0.448. The van der Waals surface area contributed by atoms with Gasteiger partial charge in [0.15, 0.2) is 6.29 Å². The maximum atomic E-state index is 10.1. The Bertz CT molecular complexity index is 241. The molecule has 1 aromatic rings. The van der Waals surface area contributed by atoms with Crippen LogP contribution in [-0.4, -0.2) is 25.5 Å². The molecule has 14 heavy (non-hydrogen) atoms. The van der Waals surface area contributed by atoms with Gasteiger partial charge in [0.2, 0.25) is 0 Å². The number of carbonyl (C=O) groups is 1. The molecule has 0 radical (unpaired) electrons. The van der Waals surface area contributed by atoms with Crippen LogP contribution in [0.1, 0.15) is 24.3 Å². The van der Waals surface area contributed by atoms with E-state index in [1.165, 1.54) is 0 Å². The summed E-state index contributed by atoms with van der Waals surface area (Å²) in [5, 5.41) is 0. The molecule has 0 atom stereocenters. The van der Waals surface area contributed by atoms with Gasteiger partial charge in [-0.3, -0.25) is 9.78 Å². The number of pyridine rings is 1. The second kappa shape index (κ2) is 12.3. The molecular weight excluding hydrogens is 246 g/mol. The number of halogens is 1. The van der Waals surface area contributed by atoms with Crippen LogP contribution >= 0.6 is 15.9 Å². The largest absolute Gasteiger partial charge is 0.388 e. The highest BCUT2D eigenvalue weighted by molar-refractivity contribution is 9.10. The average molecular weight is 262 g/mol. The van der Waals surface area contributed by atoms with E-state index >= 15 is 0 Å². The fourth-order valence-electron chi connectivity index (χ4n) is 0.486. The van der Waals surface area contributed by atoms with Crippen molar-refractivity contribution in [1.82, 2.24) is 4.98 Å². The van der Waals surface area contributed by atoms with E-state index in [9.17, 15) is 4.79 Å². The summed E-state index contributed by atoms with van der Waals surface area (Å²) in [5.41, 5.74) is 0.448. The van der Waals surface area contributed by atoms with Gasteiger partial charge < -0.3 is 4.74 Å². The van der Waals surface area contributed by atoms with Gasteiger partial charge in [-0.05, 0) is 12.1 Å². The van der Waals surface area contributed by atoms with Gasteiger partial charge in [-0.1, -0.05) is 29.8 Å². The van der Waals surface area contributed by atoms with Gasteiger partial charge in [-0.25, -0.2) is 0 Å². The highest BCUT2D eigenvalue weighted by Crippen LogP contribution is 2.06. The van der Waals surface area contributed by atoms with Gasteiger partial charge in [0.1, 0.15) is 5.69 Å². The van der Waals surface area contributed by atoms with Crippen LogP contribution in [-0.2, 0) is 4.74 Å². The molecule has 0 saturated carbocycles. The Morgan fingerprint density at radius 2 is 1.93 bits per heavy atom. The molecule has 0 aliphatic rings. The van der Waals surface area contributed by atoms with Crippen LogP contribution in [0.15, 0.2) is 22.8 Å². The average Bonchev–Trinajstić information content (AvgIpc) is 2.22. The molecule has 0 amide bonds. The minimum absolute atomic E-state index is 0.448. The quantitative estimate of drug-likeness (QED) is 0.730. The standard InChI is InChI=1S/C6H4BrNO.C2H6O.C2H6/c7-5-1-2-8-6(3-5)4-9;1-3-2;1-2/h1-4H;1-2H3;1-2H3. The number of hydrogen-bond acceptors (Lipinski definition) is 3. The van der Waals surface area contributed by atoms with E-state index in [2.05, 4.69) is 25.7 Å². The fourth-order valence-corrected chi connectivity index (χ4v) is 0.838. The highest BCUT2D eigenvalue weighted by Gasteiger charge is 1.89. The van der Waals surface area contributed by atoms with Crippen molar-refractivity contribution >= 4 is 22.2 Å². The predicted molar refractivity (Wildman–Crippen MR) is 61.6 cm³/mol. The molecule has 0 bridgehead atoms. The Balaban J connectivity index is 0. The van der Waals surface area contributed by atoms with Gasteiger partial charge >= 0.3 is 0 Å². The summed E-state index contributed by atoms with van der Waals surface area (Å²) in [7, 11) is 3.25. The lowest BCUT2D eigenvalue weighted by Crippen LogP contribution is -1.82. The van der Waals surface area contributed by atoms with Gasteiger partial charge in [-0.15, -0.1) is 0 Å². The Labute approximate surface area is 93.6 Å². The predicted octanol–water partition coefficient (Wildman–Crippen LogP) is 2.95. The Hall–Kier alpha value is -0.740. The van der Waals surface area contributed by atoms with E-state index in [-0.39, 0.29) is 0 Å². The van der Waals surface area contributed by atoms with Crippen molar-refractivity contribution in [2.24, 2.45) is 0 Å². The van der Waals surface area contributed by atoms with E-state index in [1.54, 1.807) is 32.5 Å². The molecule has 4 heteroatoms. The summed E-state index contributed by atoms with van der Waals surface area (Å²) in [6, 6.07) is 3.43. The summed E-state index contributed by atoms with van der Waals surface area (Å²) in [6.07, 6.45) is 2.29. The molecule has 0 aromatic carbocycles. The molecule has 0 N–H and O–H groups in total. The van der Waals surface area contributed by atoms with Gasteiger partial charge in [0, 0.05) is 24.9 Å². The topological polar surface area (TPSA) is 39.2 Å². The molecule has 0 aliphatic carbocycles.